The largest absolute Gasteiger partial charge is 0.453 e. The predicted molar refractivity (Wildman–Crippen MR) is 126 cm³/mol. The van der Waals surface area contributed by atoms with Crippen LogP contribution in [-0.4, -0.2) is 29.6 Å². The molecule has 0 aliphatic heterocycles. The SMILES string of the molecule is CC(=O)Oc1ccc(C(=O)C(OC(C)=O)C2c3cccc(Cl)c3C(=O)c3cccc(Cl)c32)cc1. The highest BCUT2D eigenvalue weighted by molar-refractivity contribution is 6.36. The average molecular weight is 497 g/mol. The van der Waals surface area contributed by atoms with Gasteiger partial charge in [-0.05, 0) is 47.5 Å². The minimum Gasteiger partial charge on any atom is -0.453 e. The second kappa shape index (κ2) is 9.41. The average Bonchev–Trinajstić information content (AvgIpc) is 2.78. The fraction of sp³-hybridized carbons (Fsp3) is 0.154. The van der Waals surface area contributed by atoms with Crippen LogP contribution in [0, 0.1) is 0 Å². The zero-order valence-corrected chi connectivity index (χ0v) is 19.6. The van der Waals surface area contributed by atoms with Gasteiger partial charge in [0.2, 0.25) is 5.78 Å². The number of halogens is 2. The lowest BCUT2D eigenvalue weighted by Gasteiger charge is -2.33. The Morgan fingerprint density at radius 2 is 1.50 bits per heavy atom. The molecule has 0 saturated heterocycles. The smallest absolute Gasteiger partial charge is 0.308 e. The molecule has 8 heteroatoms. The summed E-state index contributed by atoms with van der Waals surface area (Å²) in [5, 5.41) is 0.481. The first-order valence-corrected chi connectivity index (χ1v) is 11.1. The molecular formula is C26H18Cl2O6. The van der Waals surface area contributed by atoms with Gasteiger partial charge in [-0.25, -0.2) is 0 Å². The van der Waals surface area contributed by atoms with Crippen LogP contribution in [0.3, 0.4) is 0 Å². The topological polar surface area (TPSA) is 86.7 Å². The van der Waals surface area contributed by atoms with Gasteiger partial charge < -0.3 is 9.47 Å². The summed E-state index contributed by atoms with van der Waals surface area (Å²) in [4.78, 5) is 50.2. The zero-order valence-electron chi connectivity index (χ0n) is 18.1. The van der Waals surface area contributed by atoms with Crippen molar-refractivity contribution in [2.75, 3.05) is 0 Å². The van der Waals surface area contributed by atoms with Gasteiger partial charge in [-0.2, -0.15) is 0 Å². The van der Waals surface area contributed by atoms with Crippen molar-refractivity contribution in [1.29, 1.82) is 0 Å². The standard InChI is InChI=1S/C26H18Cl2O6/c1-13(29)33-16-11-9-15(10-12-16)24(31)26(34-14(2)30)23-17-5-3-8-20(28)22(17)25(32)18-6-4-7-19(27)21(18)23/h3-12,23,26H,1-2H3. The summed E-state index contributed by atoms with van der Waals surface area (Å²) in [6.45, 7) is 2.47. The monoisotopic (exact) mass is 496 g/mol. The van der Waals surface area contributed by atoms with Crippen molar-refractivity contribution in [3.8, 4) is 5.75 Å². The van der Waals surface area contributed by atoms with E-state index >= 15 is 0 Å². The van der Waals surface area contributed by atoms with Crippen LogP contribution in [-0.2, 0) is 14.3 Å². The Balaban J connectivity index is 1.88. The number of esters is 2. The first kappa shape index (κ1) is 23.7. The van der Waals surface area contributed by atoms with E-state index in [1.54, 1.807) is 36.4 Å². The van der Waals surface area contributed by atoms with E-state index in [0.717, 1.165) is 0 Å². The second-order valence-electron chi connectivity index (χ2n) is 7.72. The normalized spacial score (nSPS) is 15.1. The Morgan fingerprint density at radius 1 is 0.853 bits per heavy atom. The van der Waals surface area contributed by atoms with Crippen molar-refractivity contribution in [3.63, 3.8) is 0 Å². The molecule has 0 radical (unpaired) electrons. The van der Waals surface area contributed by atoms with Crippen LogP contribution >= 0.6 is 23.2 Å². The molecule has 0 bridgehead atoms. The van der Waals surface area contributed by atoms with E-state index in [1.165, 1.54) is 38.1 Å². The molecule has 0 amide bonds. The molecule has 0 saturated carbocycles. The Labute approximate surface area is 205 Å². The van der Waals surface area contributed by atoms with E-state index in [0.29, 0.717) is 11.1 Å². The maximum Gasteiger partial charge on any atom is 0.308 e. The lowest BCUT2D eigenvalue weighted by Crippen LogP contribution is -2.37. The molecule has 2 unspecified atom stereocenters. The molecule has 3 aromatic rings. The van der Waals surface area contributed by atoms with Crippen LogP contribution in [0.1, 0.15) is 57.2 Å². The maximum absolute atomic E-state index is 13.7. The van der Waals surface area contributed by atoms with E-state index in [1.807, 2.05) is 0 Å². The number of ether oxygens (including phenoxy) is 2. The van der Waals surface area contributed by atoms with Gasteiger partial charge in [-0.3, -0.25) is 19.2 Å². The lowest BCUT2D eigenvalue weighted by atomic mass is 9.73. The van der Waals surface area contributed by atoms with E-state index in [9.17, 15) is 19.2 Å². The molecule has 1 aliphatic carbocycles. The number of benzene rings is 3. The molecule has 2 atom stereocenters. The number of carbonyl (C=O) groups is 4. The van der Waals surface area contributed by atoms with Crippen molar-refractivity contribution in [3.05, 3.63) is 98.5 Å². The summed E-state index contributed by atoms with van der Waals surface area (Å²) in [5.74, 6) is -2.62. The molecule has 6 nitrogen and oxygen atoms in total. The third kappa shape index (κ3) is 4.34. The van der Waals surface area contributed by atoms with Gasteiger partial charge in [0, 0.05) is 35.6 Å². The van der Waals surface area contributed by atoms with Crippen molar-refractivity contribution in [2.45, 2.75) is 25.9 Å². The van der Waals surface area contributed by atoms with Crippen LogP contribution in [0.25, 0.3) is 0 Å². The third-order valence-corrected chi connectivity index (χ3v) is 6.12. The van der Waals surface area contributed by atoms with Crippen molar-refractivity contribution >= 4 is 46.7 Å². The van der Waals surface area contributed by atoms with E-state index in [-0.39, 0.29) is 38.3 Å². The van der Waals surface area contributed by atoms with Gasteiger partial charge in [-0.15, -0.1) is 0 Å². The molecule has 0 spiro atoms. The van der Waals surface area contributed by atoms with Crippen LogP contribution < -0.4 is 4.74 Å². The minimum atomic E-state index is -1.33. The van der Waals surface area contributed by atoms with Gasteiger partial charge >= 0.3 is 11.9 Å². The molecule has 0 heterocycles. The summed E-state index contributed by atoms with van der Waals surface area (Å²) >= 11 is 12.9. The van der Waals surface area contributed by atoms with Crippen molar-refractivity contribution in [2.24, 2.45) is 0 Å². The summed E-state index contributed by atoms with van der Waals surface area (Å²) < 4.78 is 10.6. The number of fused-ring (bicyclic) bond motifs is 2. The molecule has 1 aliphatic rings. The summed E-state index contributed by atoms with van der Waals surface area (Å²) in [7, 11) is 0. The summed E-state index contributed by atoms with van der Waals surface area (Å²) in [6.07, 6.45) is -1.33. The van der Waals surface area contributed by atoms with Crippen molar-refractivity contribution in [1.82, 2.24) is 0 Å². The Bertz CT molecular complexity index is 1330. The number of ketones is 2. The highest BCUT2D eigenvalue weighted by atomic mass is 35.5. The maximum atomic E-state index is 13.7. The van der Waals surface area contributed by atoms with Crippen LogP contribution in [0.4, 0.5) is 0 Å². The van der Waals surface area contributed by atoms with Crippen LogP contribution in [0.15, 0.2) is 60.7 Å². The fourth-order valence-corrected chi connectivity index (χ4v) is 4.72. The Kier molecular flexibility index (Phi) is 6.55. The highest BCUT2D eigenvalue weighted by Crippen LogP contribution is 2.45. The molecule has 34 heavy (non-hydrogen) atoms. The van der Waals surface area contributed by atoms with Gasteiger partial charge in [0.05, 0.1) is 10.9 Å². The van der Waals surface area contributed by atoms with E-state index < -0.39 is 29.7 Å². The van der Waals surface area contributed by atoms with Gasteiger partial charge in [0.25, 0.3) is 0 Å². The first-order chi connectivity index (χ1) is 16.2. The lowest BCUT2D eigenvalue weighted by molar-refractivity contribution is -0.144. The number of hydrogen-bond donors (Lipinski definition) is 0. The molecule has 4 rings (SSSR count). The number of Topliss-reactive ketones (excluding diaryl/α,β-unsaturated/α-hetero) is 1. The van der Waals surface area contributed by atoms with Gasteiger partial charge in [-0.1, -0.05) is 47.5 Å². The zero-order chi connectivity index (χ0) is 24.6. The molecule has 3 aromatic carbocycles. The second-order valence-corrected chi connectivity index (χ2v) is 8.54. The fourth-order valence-electron chi connectivity index (χ4n) is 4.16. The van der Waals surface area contributed by atoms with Crippen LogP contribution in [0.5, 0.6) is 5.75 Å². The third-order valence-electron chi connectivity index (χ3n) is 5.47. The van der Waals surface area contributed by atoms with Gasteiger partial charge in [0.1, 0.15) is 5.75 Å². The summed E-state index contributed by atoms with van der Waals surface area (Å²) in [6, 6.07) is 15.6. The van der Waals surface area contributed by atoms with Crippen molar-refractivity contribution < 1.29 is 28.7 Å². The predicted octanol–water partition coefficient (Wildman–Crippen LogP) is 5.41. The molecule has 172 valence electrons. The Hall–Kier alpha value is -3.48. The Morgan fingerprint density at radius 3 is 2.15 bits per heavy atom. The first-order valence-electron chi connectivity index (χ1n) is 10.3. The van der Waals surface area contributed by atoms with Gasteiger partial charge in [0.15, 0.2) is 11.9 Å². The number of carbonyl (C=O) groups excluding carboxylic acids is 4. The molecule has 0 fully saturated rings. The quantitative estimate of drug-likeness (QED) is 0.266. The number of hydrogen-bond acceptors (Lipinski definition) is 6. The van der Waals surface area contributed by atoms with Crippen LogP contribution in [0.2, 0.25) is 10.0 Å². The molecular weight excluding hydrogens is 479 g/mol. The minimum absolute atomic E-state index is 0.219. The van der Waals surface area contributed by atoms with E-state index in [2.05, 4.69) is 0 Å². The number of rotatable bonds is 5. The molecule has 0 aromatic heterocycles. The van der Waals surface area contributed by atoms with E-state index in [4.69, 9.17) is 32.7 Å². The highest BCUT2D eigenvalue weighted by Gasteiger charge is 2.43. The summed E-state index contributed by atoms with van der Waals surface area (Å²) in [5.41, 5.74) is 1.57. The molecule has 0 N–H and O–H groups in total.